The second-order valence-corrected chi connectivity index (χ2v) is 4.18. The number of carbonyl (C=O) groups excluding carboxylic acids is 1. The molecule has 92 valence electrons. The van der Waals surface area contributed by atoms with Crippen molar-refractivity contribution in [2.24, 2.45) is 0 Å². The van der Waals surface area contributed by atoms with E-state index < -0.39 is 0 Å². The maximum atomic E-state index is 12.3. The number of rotatable bonds is 3. The summed E-state index contributed by atoms with van der Waals surface area (Å²) in [6.45, 7) is 4.41. The number of likely N-dealkylation sites (N-methyl/N-ethyl adjacent to an activating group) is 1. The summed E-state index contributed by atoms with van der Waals surface area (Å²) in [5.41, 5.74) is 0.221. The van der Waals surface area contributed by atoms with Crippen LogP contribution in [0.1, 0.15) is 23.7 Å². The predicted octanol–water partition coefficient (Wildman–Crippen LogP) is 0.199. The van der Waals surface area contributed by atoms with Crippen molar-refractivity contribution < 1.29 is 4.79 Å². The number of amides is 1. The van der Waals surface area contributed by atoms with Crippen molar-refractivity contribution in [2.45, 2.75) is 19.4 Å². The minimum absolute atomic E-state index is 0.0627. The molecule has 2 N–H and O–H groups in total. The molecule has 2 heterocycles. The van der Waals surface area contributed by atoms with Gasteiger partial charge in [0.2, 0.25) is 5.56 Å². The molecule has 0 radical (unpaired) electrons. The van der Waals surface area contributed by atoms with Gasteiger partial charge in [-0.1, -0.05) is 0 Å². The molecule has 2 rings (SSSR count). The van der Waals surface area contributed by atoms with Crippen molar-refractivity contribution in [3.63, 3.8) is 0 Å². The molecule has 1 aliphatic rings. The molecule has 1 aliphatic heterocycles. The van der Waals surface area contributed by atoms with Gasteiger partial charge in [-0.15, -0.1) is 0 Å². The summed E-state index contributed by atoms with van der Waals surface area (Å²) in [5, 5.41) is 3.24. The molecule has 5 nitrogen and oxygen atoms in total. The van der Waals surface area contributed by atoms with Crippen molar-refractivity contribution in [1.82, 2.24) is 15.2 Å². The van der Waals surface area contributed by atoms with Crippen LogP contribution in [0.2, 0.25) is 0 Å². The van der Waals surface area contributed by atoms with Gasteiger partial charge >= 0.3 is 0 Å². The number of nitrogens with zero attached hydrogens (tertiary/aromatic N) is 1. The highest BCUT2D eigenvalue weighted by molar-refractivity contribution is 5.94. The molecule has 5 heteroatoms. The summed E-state index contributed by atoms with van der Waals surface area (Å²) in [6, 6.07) is 3.24. The van der Waals surface area contributed by atoms with Crippen molar-refractivity contribution in [3.05, 3.63) is 34.2 Å². The van der Waals surface area contributed by atoms with Crippen LogP contribution < -0.4 is 10.9 Å². The largest absolute Gasteiger partial charge is 0.335 e. The summed E-state index contributed by atoms with van der Waals surface area (Å²) in [7, 11) is 0. The molecule has 17 heavy (non-hydrogen) atoms. The highest BCUT2D eigenvalue weighted by Gasteiger charge is 2.25. The molecule has 0 saturated carbocycles. The van der Waals surface area contributed by atoms with Crippen molar-refractivity contribution in [3.8, 4) is 0 Å². The first-order chi connectivity index (χ1) is 8.22. The molecular formula is C12H17N3O2. The summed E-state index contributed by atoms with van der Waals surface area (Å²) < 4.78 is 0. The van der Waals surface area contributed by atoms with Crippen LogP contribution in [0, 0.1) is 0 Å². The van der Waals surface area contributed by atoms with Crippen LogP contribution in [0.3, 0.4) is 0 Å². The first kappa shape index (κ1) is 11.9. The summed E-state index contributed by atoms with van der Waals surface area (Å²) in [5.74, 6) is -0.0627. The van der Waals surface area contributed by atoms with Crippen molar-refractivity contribution in [1.29, 1.82) is 0 Å². The highest BCUT2D eigenvalue weighted by atomic mass is 16.2. The zero-order valence-corrected chi connectivity index (χ0v) is 9.90. The number of hydrogen-bond donors (Lipinski definition) is 2. The first-order valence-electron chi connectivity index (χ1n) is 5.93. The van der Waals surface area contributed by atoms with E-state index in [0.717, 1.165) is 19.5 Å². The molecule has 1 fully saturated rings. The van der Waals surface area contributed by atoms with E-state index in [-0.39, 0.29) is 17.5 Å². The van der Waals surface area contributed by atoms with Gasteiger partial charge in [-0.3, -0.25) is 9.59 Å². The second kappa shape index (κ2) is 5.14. The number of H-pyrrole nitrogens is 1. The standard InChI is InChI=1S/C12H17N3O2/c1-2-15(10-4-5-13-8-10)12(17)9-3-6-14-11(16)7-9/h3,6-7,10,13H,2,4-5,8H2,1H3,(H,14,16). The number of carbonyl (C=O) groups is 1. The summed E-state index contributed by atoms with van der Waals surface area (Å²) in [4.78, 5) is 27.8. The highest BCUT2D eigenvalue weighted by Crippen LogP contribution is 2.12. The molecule has 1 amide bonds. The van der Waals surface area contributed by atoms with E-state index >= 15 is 0 Å². The Bertz CT molecular complexity index is 449. The summed E-state index contributed by atoms with van der Waals surface area (Å²) in [6.07, 6.45) is 2.49. The SMILES string of the molecule is CCN(C(=O)c1cc[nH]c(=O)c1)C1CCNC1. The van der Waals surface area contributed by atoms with Crippen LogP contribution in [0.4, 0.5) is 0 Å². The van der Waals surface area contributed by atoms with Gasteiger partial charge in [0.25, 0.3) is 5.91 Å². The number of aromatic amines is 1. The third-order valence-electron chi connectivity index (χ3n) is 3.10. The van der Waals surface area contributed by atoms with Crippen LogP contribution >= 0.6 is 0 Å². The van der Waals surface area contributed by atoms with E-state index in [1.165, 1.54) is 12.3 Å². The quantitative estimate of drug-likeness (QED) is 0.786. The van der Waals surface area contributed by atoms with E-state index in [2.05, 4.69) is 10.3 Å². The Balaban J connectivity index is 2.19. The van der Waals surface area contributed by atoms with E-state index in [9.17, 15) is 9.59 Å². The average Bonchev–Trinajstić information content (AvgIpc) is 2.83. The second-order valence-electron chi connectivity index (χ2n) is 4.18. The van der Waals surface area contributed by atoms with Gasteiger partial charge in [0.05, 0.1) is 0 Å². The number of aromatic nitrogens is 1. The third kappa shape index (κ3) is 2.55. The molecule has 0 aliphatic carbocycles. The topological polar surface area (TPSA) is 65.2 Å². The molecule has 0 aromatic carbocycles. The number of hydrogen-bond acceptors (Lipinski definition) is 3. The Labute approximate surface area is 99.8 Å². The Morgan fingerprint density at radius 2 is 2.41 bits per heavy atom. The van der Waals surface area contributed by atoms with Gasteiger partial charge in [-0.2, -0.15) is 0 Å². The van der Waals surface area contributed by atoms with Crippen LogP contribution in [0.15, 0.2) is 23.1 Å². The first-order valence-corrected chi connectivity index (χ1v) is 5.93. The van der Waals surface area contributed by atoms with Crippen LogP contribution in [0.5, 0.6) is 0 Å². The van der Waals surface area contributed by atoms with Gasteiger partial charge in [0.1, 0.15) is 0 Å². The Hall–Kier alpha value is -1.62. The monoisotopic (exact) mass is 235 g/mol. The maximum Gasteiger partial charge on any atom is 0.254 e. The summed E-state index contributed by atoms with van der Waals surface area (Å²) >= 11 is 0. The Morgan fingerprint density at radius 1 is 1.59 bits per heavy atom. The van der Waals surface area contributed by atoms with Gasteiger partial charge in [0.15, 0.2) is 0 Å². The van der Waals surface area contributed by atoms with E-state index in [4.69, 9.17) is 0 Å². The normalized spacial score (nSPS) is 19.2. The maximum absolute atomic E-state index is 12.3. The van der Waals surface area contributed by atoms with Crippen LogP contribution in [0.25, 0.3) is 0 Å². The minimum atomic E-state index is -0.239. The van der Waals surface area contributed by atoms with E-state index in [1.807, 2.05) is 11.8 Å². The van der Waals surface area contributed by atoms with Crippen LogP contribution in [-0.4, -0.2) is 41.5 Å². The van der Waals surface area contributed by atoms with E-state index in [0.29, 0.717) is 12.1 Å². The van der Waals surface area contributed by atoms with Gasteiger partial charge in [0, 0.05) is 37.0 Å². The molecule has 1 aromatic heterocycles. The molecule has 1 atom stereocenters. The molecule has 0 bridgehead atoms. The molecule has 1 aromatic rings. The zero-order chi connectivity index (χ0) is 12.3. The molecule has 0 spiro atoms. The Kier molecular flexibility index (Phi) is 3.58. The lowest BCUT2D eigenvalue weighted by atomic mass is 10.1. The fourth-order valence-electron chi connectivity index (χ4n) is 2.22. The van der Waals surface area contributed by atoms with E-state index in [1.54, 1.807) is 6.07 Å². The lowest BCUT2D eigenvalue weighted by Crippen LogP contribution is -2.41. The molecule has 1 saturated heterocycles. The fraction of sp³-hybridized carbons (Fsp3) is 0.500. The van der Waals surface area contributed by atoms with Crippen molar-refractivity contribution in [2.75, 3.05) is 19.6 Å². The lowest BCUT2D eigenvalue weighted by Gasteiger charge is -2.27. The molecular weight excluding hydrogens is 218 g/mol. The van der Waals surface area contributed by atoms with Crippen LogP contribution in [-0.2, 0) is 0 Å². The average molecular weight is 235 g/mol. The van der Waals surface area contributed by atoms with Gasteiger partial charge in [-0.05, 0) is 26.0 Å². The predicted molar refractivity (Wildman–Crippen MR) is 65.0 cm³/mol. The Morgan fingerprint density at radius 3 is 3.00 bits per heavy atom. The zero-order valence-electron chi connectivity index (χ0n) is 9.90. The lowest BCUT2D eigenvalue weighted by molar-refractivity contribution is 0.0703. The van der Waals surface area contributed by atoms with Crippen molar-refractivity contribution >= 4 is 5.91 Å². The smallest absolute Gasteiger partial charge is 0.254 e. The molecule has 1 unspecified atom stereocenters. The third-order valence-corrected chi connectivity index (χ3v) is 3.10. The fourth-order valence-corrected chi connectivity index (χ4v) is 2.22. The number of pyridine rings is 1. The van der Waals surface area contributed by atoms with Gasteiger partial charge in [-0.25, -0.2) is 0 Å². The van der Waals surface area contributed by atoms with Gasteiger partial charge < -0.3 is 15.2 Å². The minimum Gasteiger partial charge on any atom is -0.335 e. The number of nitrogens with one attached hydrogen (secondary N) is 2.